The molecule has 1 saturated carbocycles. The van der Waals surface area contributed by atoms with Gasteiger partial charge in [0, 0.05) is 29.9 Å². The number of anilines is 2. The lowest BCUT2D eigenvalue weighted by Gasteiger charge is -2.31. The number of nitrogens with zero attached hydrogens (tertiary/aromatic N) is 2. The first-order valence-electron chi connectivity index (χ1n) is 13.2. The zero-order chi connectivity index (χ0) is 26.1. The molecule has 0 spiro atoms. The SMILES string of the molecule is CC1=CC[C@H]2C(=O)N(c3ccc(C(=O)Nc4ccc(C(=O)N(C)C5CCCCC5)cc4)cc3)C(=O)[C@@H]2C1. The highest BCUT2D eigenvalue weighted by Crippen LogP contribution is 2.39. The Labute approximate surface area is 217 Å². The van der Waals surface area contributed by atoms with Gasteiger partial charge in [-0.25, -0.2) is 0 Å². The van der Waals surface area contributed by atoms with E-state index in [1.54, 1.807) is 48.5 Å². The van der Waals surface area contributed by atoms with Gasteiger partial charge < -0.3 is 10.2 Å². The molecule has 1 N–H and O–H groups in total. The van der Waals surface area contributed by atoms with Gasteiger partial charge in [0.1, 0.15) is 0 Å². The number of carbonyl (C=O) groups excluding carboxylic acids is 4. The molecular formula is C30H33N3O4. The van der Waals surface area contributed by atoms with Gasteiger partial charge in [0.25, 0.3) is 11.8 Å². The van der Waals surface area contributed by atoms with Gasteiger partial charge in [-0.05, 0) is 81.1 Å². The van der Waals surface area contributed by atoms with Crippen LogP contribution in [0.4, 0.5) is 11.4 Å². The summed E-state index contributed by atoms with van der Waals surface area (Å²) in [6.45, 7) is 1.99. The smallest absolute Gasteiger partial charge is 0.255 e. The van der Waals surface area contributed by atoms with Crippen LogP contribution in [0.5, 0.6) is 0 Å². The average molecular weight is 500 g/mol. The molecule has 0 radical (unpaired) electrons. The molecule has 2 fully saturated rings. The van der Waals surface area contributed by atoms with Crippen LogP contribution in [-0.4, -0.2) is 41.6 Å². The first kappa shape index (κ1) is 24.9. The van der Waals surface area contributed by atoms with Crippen LogP contribution in [0.3, 0.4) is 0 Å². The van der Waals surface area contributed by atoms with Crippen molar-refractivity contribution in [2.75, 3.05) is 17.3 Å². The molecule has 3 aliphatic rings. The average Bonchev–Trinajstić information content (AvgIpc) is 3.17. The van der Waals surface area contributed by atoms with E-state index in [4.69, 9.17) is 0 Å². The minimum Gasteiger partial charge on any atom is -0.339 e. The van der Waals surface area contributed by atoms with E-state index < -0.39 is 0 Å². The molecule has 2 aromatic rings. The second-order valence-electron chi connectivity index (χ2n) is 10.5. The van der Waals surface area contributed by atoms with Crippen molar-refractivity contribution in [3.05, 3.63) is 71.3 Å². The molecule has 0 unspecified atom stereocenters. The number of hydrogen-bond donors (Lipinski definition) is 1. The molecular weight excluding hydrogens is 466 g/mol. The monoisotopic (exact) mass is 499 g/mol. The van der Waals surface area contributed by atoms with Gasteiger partial charge in [-0.2, -0.15) is 0 Å². The third-order valence-electron chi connectivity index (χ3n) is 8.04. The molecule has 0 aromatic heterocycles. The lowest BCUT2D eigenvalue weighted by molar-refractivity contribution is -0.122. The number of imide groups is 1. The van der Waals surface area contributed by atoms with Gasteiger partial charge in [0.05, 0.1) is 17.5 Å². The van der Waals surface area contributed by atoms with Gasteiger partial charge in [-0.1, -0.05) is 30.9 Å². The summed E-state index contributed by atoms with van der Waals surface area (Å²) >= 11 is 0. The Morgan fingerprint density at radius 3 is 2.16 bits per heavy atom. The second kappa shape index (κ2) is 10.3. The van der Waals surface area contributed by atoms with Crippen LogP contribution >= 0.6 is 0 Å². The van der Waals surface area contributed by atoms with E-state index in [0.29, 0.717) is 41.4 Å². The molecule has 7 heteroatoms. The van der Waals surface area contributed by atoms with Crippen molar-refractivity contribution < 1.29 is 19.2 Å². The number of fused-ring (bicyclic) bond motifs is 1. The minimum absolute atomic E-state index is 0.00263. The van der Waals surface area contributed by atoms with Gasteiger partial charge in [-0.3, -0.25) is 24.1 Å². The number of nitrogens with one attached hydrogen (secondary N) is 1. The fraction of sp³-hybridized carbons (Fsp3) is 0.400. The van der Waals surface area contributed by atoms with E-state index in [1.165, 1.54) is 11.3 Å². The normalized spacial score (nSPS) is 21.9. The number of carbonyl (C=O) groups is 4. The van der Waals surface area contributed by atoms with Crippen LogP contribution in [0.25, 0.3) is 0 Å². The number of rotatable bonds is 5. The van der Waals surface area contributed by atoms with E-state index >= 15 is 0 Å². The maximum Gasteiger partial charge on any atom is 0.255 e. The fourth-order valence-electron chi connectivity index (χ4n) is 5.79. The van der Waals surface area contributed by atoms with Crippen LogP contribution in [0.1, 0.15) is 72.6 Å². The standard InChI is InChI=1S/C30H33N3O4/c1-19-8-17-25-26(18-19)30(37)33(29(25)36)24-15-11-20(12-16-24)27(34)31-22-13-9-21(10-14-22)28(35)32(2)23-6-4-3-5-7-23/h8-16,23,25-26H,3-7,17-18H2,1-2H3,(H,31,34)/t25-,26-/m1/s1. The number of benzene rings is 2. The van der Waals surface area contributed by atoms with Crippen LogP contribution in [0.2, 0.25) is 0 Å². The molecule has 37 heavy (non-hydrogen) atoms. The zero-order valence-corrected chi connectivity index (χ0v) is 21.4. The summed E-state index contributed by atoms with van der Waals surface area (Å²) in [6.07, 6.45) is 8.92. The van der Waals surface area contributed by atoms with Crippen molar-refractivity contribution in [3.8, 4) is 0 Å². The second-order valence-corrected chi connectivity index (χ2v) is 10.5. The van der Waals surface area contributed by atoms with Crippen molar-refractivity contribution in [3.63, 3.8) is 0 Å². The topological polar surface area (TPSA) is 86.8 Å². The summed E-state index contributed by atoms with van der Waals surface area (Å²) in [5.74, 6) is -1.23. The lowest BCUT2D eigenvalue weighted by atomic mass is 9.82. The predicted octanol–water partition coefficient (Wildman–Crippen LogP) is 5.19. The van der Waals surface area contributed by atoms with Gasteiger partial charge in [-0.15, -0.1) is 0 Å². The first-order valence-corrected chi connectivity index (χ1v) is 13.2. The molecule has 5 rings (SSSR count). The number of amides is 4. The van der Waals surface area contributed by atoms with Crippen molar-refractivity contribution in [2.24, 2.45) is 11.8 Å². The van der Waals surface area contributed by atoms with Gasteiger partial charge in [0.15, 0.2) is 0 Å². The van der Waals surface area contributed by atoms with E-state index in [1.807, 2.05) is 24.9 Å². The number of hydrogen-bond acceptors (Lipinski definition) is 4. The summed E-state index contributed by atoms with van der Waals surface area (Å²) in [7, 11) is 1.87. The zero-order valence-electron chi connectivity index (χ0n) is 21.4. The van der Waals surface area contributed by atoms with Crippen molar-refractivity contribution in [1.82, 2.24) is 4.90 Å². The molecule has 2 aromatic carbocycles. The summed E-state index contributed by atoms with van der Waals surface area (Å²) in [6, 6.07) is 13.8. The summed E-state index contributed by atoms with van der Waals surface area (Å²) in [5, 5.41) is 2.85. The minimum atomic E-state index is -0.308. The molecule has 4 amide bonds. The van der Waals surface area contributed by atoms with E-state index in [9.17, 15) is 19.2 Å². The summed E-state index contributed by atoms with van der Waals surface area (Å²) in [4.78, 5) is 54.6. The van der Waals surface area contributed by atoms with Crippen LogP contribution in [0, 0.1) is 11.8 Å². The molecule has 192 valence electrons. The Kier molecular flexibility index (Phi) is 6.96. The van der Waals surface area contributed by atoms with Crippen LogP contribution in [-0.2, 0) is 9.59 Å². The lowest BCUT2D eigenvalue weighted by Crippen LogP contribution is -2.38. The highest BCUT2D eigenvalue weighted by molar-refractivity contribution is 6.22. The van der Waals surface area contributed by atoms with E-state index in [2.05, 4.69) is 5.32 Å². The van der Waals surface area contributed by atoms with Crippen molar-refractivity contribution in [2.45, 2.75) is 57.9 Å². The van der Waals surface area contributed by atoms with Crippen molar-refractivity contribution in [1.29, 1.82) is 0 Å². The third-order valence-corrected chi connectivity index (χ3v) is 8.04. The van der Waals surface area contributed by atoms with E-state index in [-0.39, 0.29) is 35.5 Å². The molecule has 1 heterocycles. The maximum atomic E-state index is 12.9. The third kappa shape index (κ3) is 4.95. The largest absolute Gasteiger partial charge is 0.339 e. The molecule has 1 aliphatic heterocycles. The Morgan fingerprint density at radius 2 is 1.49 bits per heavy atom. The molecule has 7 nitrogen and oxygen atoms in total. The molecule has 2 atom stereocenters. The highest BCUT2D eigenvalue weighted by atomic mass is 16.2. The predicted molar refractivity (Wildman–Crippen MR) is 142 cm³/mol. The Hall–Kier alpha value is -3.74. The first-order chi connectivity index (χ1) is 17.8. The highest BCUT2D eigenvalue weighted by Gasteiger charge is 2.48. The van der Waals surface area contributed by atoms with Crippen LogP contribution < -0.4 is 10.2 Å². The Balaban J connectivity index is 1.21. The number of allylic oxidation sites excluding steroid dienone is 2. The Bertz CT molecular complexity index is 1240. The van der Waals surface area contributed by atoms with Gasteiger partial charge >= 0.3 is 0 Å². The molecule has 0 bridgehead atoms. The quantitative estimate of drug-likeness (QED) is 0.453. The fourth-order valence-corrected chi connectivity index (χ4v) is 5.79. The Morgan fingerprint density at radius 1 is 0.865 bits per heavy atom. The van der Waals surface area contributed by atoms with Crippen molar-refractivity contribution >= 4 is 35.0 Å². The van der Waals surface area contributed by atoms with E-state index in [0.717, 1.165) is 31.3 Å². The molecule has 2 aliphatic carbocycles. The summed E-state index contributed by atoms with van der Waals surface area (Å²) < 4.78 is 0. The van der Waals surface area contributed by atoms with Gasteiger partial charge in [0.2, 0.25) is 11.8 Å². The van der Waals surface area contributed by atoms with Crippen LogP contribution in [0.15, 0.2) is 60.2 Å². The maximum absolute atomic E-state index is 12.9. The molecule has 1 saturated heterocycles. The summed E-state index contributed by atoms with van der Waals surface area (Å²) in [5.41, 5.74) is 3.23.